The maximum Gasteiger partial charge on any atom is 0.143 e. The average Bonchev–Trinajstić information content (AvgIpc) is 3.43. The Bertz CT molecular complexity index is 2120. The van der Waals surface area contributed by atoms with Crippen molar-refractivity contribution in [2.24, 2.45) is 0 Å². The van der Waals surface area contributed by atoms with Gasteiger partial charge in [0, 0.05) is 22.1 Å². The molecule has 192 valence electrons. The van der Waals surface area contributed by atoms with Gasteiger partial charge < -0.3 is 4.42 Å². The first-order chi connectivity index (χ1) is 20.4. The highest BCUT2D eigenvalue weighted by Crippen LogP contribution is 2.49. The van der Waals surface area contributed by atoms with Gasteiger partial charge in [-0.2, -0.15) is 0 Å². The van der Waals surface area contributed by atoms with Crippen LogP contribution in [0.3, 0.4) is 0 Å². The number of furan rings is 1. The molecule has 1 heteroatoms. The largest absolute Gasteiger partial charge is 0.455 e. The van der Waals surface area contributed by atoms with Crippen LogP contribution in [0.25, 0.3) is 77.2 Å². The molecule has 0 bridgehead atoms. The third kappa shape index (κ3) is 3.86. The van der Waals surface area contributed by atoms with Crippen LogP contribution < -0.4 is 0 Å². The maximum absolute atomic E-state index is 6.81. The molecule has 1 nitrogen and oxygen atoms in total. The SMILES string of the molecule is c1ccc(-c2ccc3c(-c4c5ccccc5c(-c5ccccc5)c5ccccc45)c(-c4ccccc4)oc3c2)cc1. The summed E-state index contributed by atoms with van der Waals surface area (Å²) in [7, 11) is 0. The molecule has 0 saturated heterocycles. The molecule has 0 aliphatic rings. The van der Waals surface area contributed by atoms with Crippen LogP contribution in [-0.2, 0) is 0 Å². The summed E-state index contributed by atoms with van der Waals surface area (Å²) in [4.78, 5) is 0. The van der Waals surface area contributed by atoms with Crippen LogP contribution in [0.1, 0.15) is 0 Å². The van der Waals surface area contributed by atoms with E-state index in [9.17, 15) is 0 Å². The third-order valence-corrected chi connectivity index (χ3v) is 8.08. The summed E-state index contributed by atoms with van der Waals surface area (Å²) in [5.41, 5.74) is 9.11. The Labute approximate surface area is 238 Å². The Morgan fingerprint density at radius 1 is 0.293 bits per heavy atom. The molecular formula is C40H26O. The lowest BCUT2D eigenvalue weighted by Gasteiger charge is -2.18. The molecule has 1 aromatic heterocycles. The molecule has 0 N–H and O–H groups in total. The van der Waals surface area contributed by atoms with Crippen LogP contribution in [0.15, 0.2) is 162 Å². The normalized spacial score (nSPS) is 11.4. The van der Waals surface area contributed by atoms with E-state index in [1.807, 2.05) is 0 Å². The first kappa shape index (κ1) is 23.5. The molecule has 1 heterocycles. The second kappa shape index (κ2) is 9.66. The standard InChI is InChI=1S/C40H26O/c1-4-14-27(15-5-1)30-24-25-35-36(26-30)41-40(29-18-8-3-9-19-29)39(35)38-33-22-12-10-20-31(33)37(28-16-6-2-7-17-28)32-21-11-13-23-34(32)38/h1-26H. The van der Waals surface area contributed by atoms with Gasteiger partial charge >= 0.3 is 0 Å². The summed E-state index contributed by atoms with van der Waals surface area (Å²) in [5, 5.41) is 6.03. The summed E-state index contributed by atoms with van der Waals surface area (Å²) in [6.45, 7) is 0. The molecule has 0 unspecified atom stereocenters. The molecule has 0 fully saturated rings. The second-order valence-corrected chi connectivity index (χ2v) is 10.5. The lowest BCUT2D eigenvalue weighted by atomic mass is 9.84. The van der Waals surface area contributed by atoms with E-state index in [4.69, 9.17) is 4.42 Å². The summed E-state index contributed by atoms with van der Waals surface area (Å²) in [6.07, 6.45) is 0. The van der Waals surface area contributed by atoms with Gasteiger partial charge in [-0.15, -0.1) is 0 Å². The van der Waals surface area contributed by atoms with Crippen molar-refractivity contribution in [3.63, 3.8) is 0 Å². The van der Waals surface area contributed by atoms with E-state index in [1.54, 1.807) is 0 Å². The lowest BCUT2D eigenvalue weighted by Crippen LogP contribution is -1.91. The van der Waals surface area contributed by atoms with Gasteiger partial charge in [-0.3, -0.25) is 0 Å². The summed E-state index contributed by atoms with van der Waals surface area (Å²) in [5.74, 6) is 0.897. The van der Waals surface area contributed by atoms with Crippen LogP contribution in [-0.4, -0.2) is 0 Å². The molecule has 0 amide bonds. The van der Waals surface area contributed by atoms with Crippen molar-refractivity contribution in [2.75, 3.05) is 0 Å². The fraction of sp³-hybridized carbons (Fsp3) is 0. The van der Waals surface area contributed by atoms with Gasteiger partial charge in [0.25, 0.3) is 0 Å². The van der Waals surface area contributed by atoms with Crippen LogP contribution >= 0.6 is 0 Å². The Hall–Kier alpha value is -5.40. The number of benzene rings is 7. The predicted octanol–water partition coefficient (Wildman–Crippen LogP) is 11.4. The summed E-state index contributed by atoms with van der Waals surface area (Å²) in [6, 6.07) is 56.0. The minimum Gasteiger partial charge on any atom is -0.455 e. The van der Waals surface area contributed by atoms with Crippen molar-refractivity contribution in [2.45, 2.75) is 0 Å². The van der Waals surface area contributed by atoms with Crippen molar-refractivity contribution in [1.29, 1.82) is 0 Å². The van der Waals surface area contributed by atoms with Crippen LogP contribution in [0.2, 0.25) is 0 Å². The highest BCUT2D eigenvalue weighted by atomic mass is 16.3. The zero-order valence-corrected chi connectivity index (χ0v) is 22.4. The van der Waals surface area contributed by atoms with E-state index < -0.39 is 0 Å². The fourth-order valence-electron chi connectivity index (χ4n) is 6.26. The molecule has 7 aromatic carbocycles. The van der Waals surface area contributed by atoms with E-state index in [0.717, 1.165) is 33.4 Å². The number of fused-ring (bicyclic) bond motifs is 3. The molecule has 8 rings (SSSR count). The van der Waals surface area contributed by atoms with Crippen LogP contribution in [0.5, 0.6) is 0 Å². The van der Waals surface area contributed by atoms with Crippen LogP contribution in [0, 0.1) is 0 Å². The third-order valence-electron chi connectivity index (χ3n) is 8.08. The van der Waals surface area contributed by atoms with Gasteiger partial charge in [0.2, 0.25) is 0 Å². The summed E-state index contributed by atoms with van der Waals surface area (Å²) >= 11 is 0. The second-order valence-electron chi connectivity index (χ2n) is 10.5. The number of rotatable bonds is 4. The van der Waals surface area contributed by atoms with E-state index in [2.05, 4.69) is 158 Å². The van der Waals surface area contributed by atoms with Crippen molar-refractivity contribution in [3.8, 4) is 44.7 Å². The minimum atomic E-state index is 0.889. The van der Waals surface area contributed by atoms with E-state index in [-0.39, 0.29) is 0 Å². The van der Waals surface area contributed by atoms with Crippen molar-refractivity contribution in [3.05, 3.63) is 158 Å². The van der Waals surface area contributed by atoms with Gasteiger partial charge in [0.15, 0.2) is 0 Å². The highest BCUT2D eigenvalue weighted by Gasteiger charge is 2.24. The average molecular weight is 523 g/mol. The van der Waals surface area contributed by atoms with Gasteiger partial charge in [-0.25, -0.2) is 0 Å². The minimum absolute atomic E-state index is 0.889. The van der Waals surface area contributed by atoms with Gasteiger partial charge in [-0.05, 0) is 55.9 Å². The summed E-state index contributed by atoms with van der Waals surface area (Å²) < 4.78 is 6.81. The number of hydrogen-bond acceptors (Lipinski definition) is 1. The topological polar surface area (TPSA) is 13.1 Å². The van der Waals surface area contributed by atoms with E-state index in [1.165, 1.54) is 43.8 Å². The predicted molar refractivity (Wildman–Crippen MR) is 173 cm³/mol. The Morgan fingerprint density at radius 3 is 1.32 bits per heavy atom. The molecule has 8 aromatic rings. The zero-order valence-electron chi connectivity index (χ0n) is 22.4. The highest BCUT2D eigenvalue weighted by molar-refractivity contribution is 6.24. The molecule has 0 radical (unpaired) electrons. The van der Waals surface area contributed by atoms with Crippen molar-refractivity contribution < 1.29 is 4.42 Å². The van der Waals surface area contributed by atoms with E-state index in [0.29, 0.717) is 0 Å². The lowest BCUT2D eigenvalue weighted by molar-refractivity contribution is 0.632. The van der Waals surface area contributed by atoms with Crippen molar-refractivity contribution in [1.82, 2.24) is 0 Å². The Kier molecular flexibility index (Phi) is 5.53. The molecule has 0 spiro atoms. The molecule has 0 saturated carbocycles. The monoisotopic (exact) mass is 522 g/mol. The molecule has 0 atom stereocenters. The Balaban J connectivity index is 1.52. The van der Waals surface area contributed by atoms with E-state index >= 15 is 0 Å². The van der Waals surface area contributed by atoms with Gasteiger partial charge in [0.05, 0.1) is 0 Å². The fourth-order valence-corrected chi connectivity index (χ4v) is 6.26. The first-order valence-electron chi connectivity index (χ1n) is 14.0. The molecular weight excluding hydrogens is 496 g/mol. The zero-order chi connectivity index (χ0) is 27.2. The quantitative estimate of drug-likeness (QED) is 0.210. The maximum atomic E-state index is 6.81. The number of hydrogen-bond donors (Lipinski definition) is 0. The van der Waals surface area contributed by atoms with Crippen molar-refractivity contribution >= 4 is 32.5 Å². The smallest absolute Gasteiger partial charge is 0.143 e. The molecule has 0 aliphatic heterocycles. The Morgan fingerprint density at radius 2 is 0.756 bits per heavy atom. The van der Waals surface area contributed by atoms with Gasteiger partial charge in [0.1, 0.15) is 11.3 Å². The first-order valence-corrected chi connectivity index (χ1v) is 14.0. The van der Waals surface area contributed by atoms with Gasteiger partial charge in [-0.1, -0.05) is 146 Å². The van der Waals surface area contributed by atoms with Crippen LogP contribution in [0.4, 0.5) is 0 Å². The molecule has 0 aliphatic carbocycles. The molecule has 41 heavy (non-hydrogen) atoms.